The molecule has 2 aliphatic heterocycles. The fourth-order valence-corrected chi connectivity index (χ4v) is 2.00. The van der Waals surface area contributed by atoms with Crippen LogP contribution in [0.2, 0.25) is 0 Å². The molecule has 4 nitrogen and oxygen atoms in total. The van der Waals surface area contributed by atoms with Gasteiger partial charge < -0.3 is 14.4 Å². The third-order valence-electron chi connectivity index (χ3n) is 2.72. The van der Waals surface area contributed by atoms with Crippen molar-refractivity contribution in [3.05, 3.63) is 0 Å². The lowest BCUT2D eigenvalue weighted by atomic mass is 10.1. The number of carbonyl (C=O) groups is 1. The van der Waals surface area contributed by atoms with Gasteiger partial charge in [-0.15, -0.1) is 0 Å². The molecule has 2 rings (SSSR count). The van der Waals surface area contributed by atoms with Crippen molar-refractivity contribution >= 4 is 6.09 Å². The van der Waals surface area contributed by atoms with E-state index in [1.165, 1.54) is 0 Å². The summed E-state index contributed by atoms with van der Waals surface area (Å²) in [5.74, 6) is 0. The minimum Gasteiger partial charge on any atom is -0.444 e. The van der Waals surface area contributed by atoms with E-state index in [1.54, 1.807) is 0 Å². The van der Waals surface area contributed by atoms with Gasteiger partial charge in [-0.2, -0.15) is 0 Å². The van der Waals surface area contributed by atoms with Crippen molar-refractivity contribution in [2.45, 2.75) is 51.4 Å². The van der Waals surface area contributed by atoms with Gasteiger partial charge >= 0.3 is 6.09 Å². The summed E-state index contributed by atoms with van der Waals surface area (Å²) in [5, 5.41) is 0. The SMILES string of the molecule is CC(C)(C)OC(=O)N1CCC[C@@H]1[C@@H]1CO1. The van der Waals surface area contributed by atoms with Crippen LogP contribution in [0.5, 0.6) is 0 Å². The molecule has 0 bridgehead atoms. The number of hydrogen-bond donors (Lipinski definition) is 0. The predicted molar refractivity (Wildman–Crippen MR) is 55.7 cm³/mol. The van der Waals surface area contributed by atoms with Crippen LogP contribution in [0, 0.1) is 0 Å². The number of amides is 1. The smallest absolute Gasteiger partial charge is 0.410 e. The van der Waals surface area contributed by atoms with Gasteiger partial charge in [0.1, 0.15) is 11.7 Å². The van der Waals surface area contributed by atoms with E-state index in [0.29, 0.717) is 0 Å². The van der Waals surface area contributed by atoms with E-state index in [1.807, 2.05) is 25.7 Å². The Balaban J connectivity index is 1.93. The van der Waals surface area contributed by atoms with Gasteiger partial charge in [0, 0.05) is 6.54 Å². The maximum absolute atomic E-state index is 11.9. The predicted octanol–water partition coefficient (Wildman–Crippen LogP) is 1.78. The fraction of sp³-hybridized carbons (Fsp3) is 0.909. The molecule has 0 aromatic heterocycles. The van der Waals surface area contributed by atoms with Crippen molar-refractivity contribution in [1.82, 2.24) is 4.90 Å². The van der Waals surface area contributed by atoms with Gasteiger partial charge in [-0.1, -0.05) is 0 Å². The quantitative estimate of drug-likeness (QED) is 0.623. The monoisotopic (exact) mass is 213 g/mol. The number of rotatable bonds is 1. The number of hydrogen-bond acceptors (Lipinski definition) is 3. The molecule has 0 unspecified atom stereocenters. The first kappa shape index (κ1) is 10.7. The maximum Gasteiger partial charge on any atom is 0.410 e. The van der Waals surface area contributed by atoms with Gasteiger partial charge in [0.15, 0.2) is 0 Å². The van der Waals surface area contributed by atoms with Crippen molar-refractivity contribution in [3.8, 4) is 0 Å². The number of ether oxygens (including phenoxy) is 2. The van der Waals surface area contributed by atoms with Crippen LogP contribution in [-0.4, -0.2) is 41.9 Å². The summed E-state index contributed by atoms with van der Waals surface area (Å²) in [6.07, 6.45) is 2.17. The highest BCUT2D eigenvalue weighted by Gasteiger charge is 2.42. The largest absolute Gasteiger partial charge is 0.444 e. The van der Waals surface area contributed by atoms with Crippen molar-refractivity contribution in [3.63, 3.8) is 0 Å². The zero-order valence-corrected chi connectivity index (χ0v) is 9.66. The molecule has 0 aromatic carbocycles. The van der Waals surface area contributed by atoms with E-state index in [4.69, 9.17) is 9.47 Å². The summed E-state index contributed by atoms with van der Waals surface area (Å²) in [6.45, 7) is 7.28. The first-order valence-electron chi connectivity index (χ1n) is 5.58. The molecule has 0 saturated carbocycles. The first-order valence-corrected chi connectivity index (χ1v) is 5.58. The molecule has 0 spiro atoms. The molecule has 2 heterocycles. The van der Waals surface area contributed by atoms with Crippen molar-refractivity contribution in [2.24, 2.45) is 0 Å². The van der Waals surface area contributed by atoms with Gasteiger partial charge in [0.2, 0.25) is 0 Å². The Morgan fingerprint density at radius 1 is 1.47 bits per heavy atom. The minimum atomic E-state index is -0.408. The molecule has 2 saturated heterocycles. The fourth-order valence-electron chi connectivity index (χ4n) is 2.00. The number of epoxide rings is 1. The molecule has 2 atom stereocenters. The first-order chi connectivity index (χ1) is 6.97. The van der Waals surface area contributed by atoms with E-state index in [-0.39, 0.29) is 18.2 Å². The van der Waals surface area contributed by atoms with Crippen LogP contribution < -0.4 is 0 Å². The van der Waals surface area contributed by atoms with Gasteiger partial charge in [0.25, 0.3) is 0 Å². The van der Waals surface area contributed by atoms with Crippen molar-refractivity contribution in [1.29, 1.82) is 0 Å². The summed E-state index contributed by atoms with van der Waals surface area (Å²) in [7, 11) is 0. The third-order valence-corrected chi connectivity index (χ3v) is 2.72. The van der Waals surface area contributed by atoms with Crippen LogP contribution in [0.15, 0.2) is 0 Å². The van der Waals surface area contributed by atoms with Crippen LogP contribution in [0.3, 0.4) is 0 Å². The van der Waals surface area contributed by atoms with E-state index in [0.717, 1.165) is 26.0 Å². The van der Waals surface area contributed by atoms with Gasteiger partial charge in [-0.05, 0) is 33.6 Å². The highest BCUT2D eigenvalue weighted by molar-refractivity contribution is 5.69. The number of nitrogens with zero attached hydrogens (tertiary/aromatic N) is 1. The summed E-state index contributed by atoms with van der Waals surface area (Å²) in [6, 6.07) is 0.250. The molecular formula is C11H19NO3. The molecular weight excluding hydrogens is 194 g/mol. The second kappa shape index (κ2) is 3.67. The van der Waals surface area contributed by atoms with Gasteiger partial charge in [-0.3, -0.25) is 0 Å². The summed E-state index contributed by atoms with van der Waals surface area (Å²) >= 11 is 0. The molecule has 0 aromatic rings. The summed E-state index contributed by atoms with van der Waals surface area (Å²) in [5.41, 5.74) is -0.408. The lowest BCUT2D eigenvalue weighted by Crippen LogP contribution is -2.42. The lowest BCUT2D eigenvalue weighted by molar-refractivity contribution is 0.0204. The maximum atomic E-state index is 11.9. The molecule has 1 amide bonds. The molecule has 0 aliphatic carbocycles. The average molecular weight is 213 g/mol. The zero-order chi connectivity index (χ0) is 11.1. The van der Waals surface area contributed by atoms with Crippen LogP contribution in [0.4, 0.5) is 4.79 Å². The van der Waals surface area contributed by atoms with Crippen LogP contribution in [-0.2, 0) is 9.47 Å². The summed E-state index contributed by atoms with van der Waals surface area (Å²) < 4.78 is 10.6. The van der Waals surface area contributed by atoms with E-state index in [2.05, 4.69) is 0 Å². The van der Waals surface area contributed by atoms with Crippen LogP contribution >= 0.6 is 0 Å². The Hall–Kier alpha value is -0.770. The Labute approximate surface area is 90.5 Å². The Morgan fingerprint density at radius 3 is 2.67 bits per heavy atom. The van der Waals surface area contributed by atoms with Gasteiger partial charge in [0.05, 0.1) is 12.6 Å². The molecule has 86 valence electrons. The average Bonchev–Trinajstić information content (AvgIpc) is 2.80. The van der Waals surface area contributed by atoms with Crippen LogP contribution in [0.25, 0.3) is 0 Å². The highest BCUT2D eigenvalue weighted by Crippen LogP contribution is 2.29. The Kier molecular flexibility index (Phi) is 2.63. The van der Waals surface area contributed by atoms with Crippen molar-refractivity contribution in [2.75, 3.05) is 13.2 Å². The standard InChI is InChI=1S/C11H19NO3/c1-11(2,3)15-10(13)12-6-4-5-8(12)9-7-14-9/h8-9H,4-7H2,1-3H3/t8-,9+/m1/s1. The third kappa shape index (κ3) is 2.62. The van der Waals surface area contributed by atoms with E-state index >= 15 is 0 Å². The minimum absolute atomic E-state index is 0.194. The van der Waals surface area contributed by atoms with Crippen molar-refractivity contribution < 1.29 is 14.3 Å². The van der Waals surface area contributed by atoms with Gasteiger partial charge in [-0.25, -0.2) is 4.79 Å². The number of likely N-dealkylation sites (tertiary alicyclic amines) is 1. The molecule has 2 aliphatic rings. The second-order valence-corrected chi connectivity index (χ2v) is 5.26. The normalized spacial score (nSPS) is 30.5. The van der Waals surface area contributed by atoms with Crippen LogP contribution in [0.1, 0.15) is 33.6 Å². The second-order valence-electron chi connectivity index (χ2n) is 5.26. The number of carbonyl (C=O) groups excluding carboxylic acids is 1. The molecule has 4 heteroatoms. The Morgan fingerprint density at radius 2 is 2.13 bits per heavy atom. The molecule has 0 N–H and O–H groups in total. The van der Waals surface area contributed by atoms with E-state index < -0.39 is 5.60 Å². The highest BCUT2D eigenvalue weighted by atomic mass is 16.6. The van der Waals surface area contributed by atoms with E-state index in [9.17, 15) is 4.79 Å². The lowest BCUT2D eigenvalue weighted by Gasteiger charge is -2.27. The summed E-state index contributed by atoms with van der Waals surface area (Å²) in [4.78, 5) is 13.7. The molecule has 0 radical (unpaired) electrons. The Bertz CT molecular complexity index is 255. The zero-order valence-electron chi connectivity index (χ0n) is 9.66. The molecule has 15 heavy (non-hydrogen) atoms. The topological polar surface area (TPSA) is 42.1 Å². The molecule has 2 fully saturated rings.